The molecule has 158 valence electrons. The van der Waals surface area contributed by atoms with Gasteiger partial charge in [0.05, 0.1) is 31.4 Å². The molecule has 4 aromatic rings. The number of benzene rings is 3. The second-order valence-electron chi connectivity index (χ2n) is 6.78. The maximum atomic E-state index is 12.5. The molecule has 0 bridgehead atoms. The summed E-state index contributed by atoms with van der Waals surface area (Å²) in [5.41, 5.74) is 3.15. The quantitative estimate of drug-likeness (QED) is 0.312. The van der Waals surface area contributed by atoms with Gasteiger partial charge in [-0.15, -0.1) is 0 Å². The van der Waals surface area contributed by atoms with Gasteiger partial charge >= 0.3 is 5.97 Å². The van der Waals surface area contributed by atoms with Crippen LogP contribution in [0.3, 0.4) is 0 Å². The van der Waals surface area contributed by atoms with Gasteiger partial charge in [0, 0.05) is 23.3 Å². The zero-order valence-electron chi connectivity index (χ0n) is 17.4. The Morgan fingerprint density at radius 2 is 1.47 bits per heavy atom. The zero-order valence-corrected chi connectivity index (χ0v) is 17.4. The molecule has 0 radical (unpaired) electrons. The summed E-state index contributed by atoms with van der Waals surface area (Å²) < 4.78 is 21.3. The number of carbonyl (C=O) groups is 1. The van der Waals surface area contributed by atoms with Crippen molar-refractivity contribution >= 4 is 5.97 Å². The molecule has 4 rings (SSSR count). The summed E-state index contributed by atoms with van der Waals surface area (Å²) in [7, 11) is 3.03. The van der Waals surface area contributed by atoms with Crippen LogP contribution in [0.4, 0.5) is 0 Å². The highest BCUT2D eigenvalue weighted by molar-refractivity contribution is 5.92. The number of nitrogens with zero attached hydrogens (tertiary/aromatic N) is 2. The van der Waals surface area contributed by atoms with Gasteiger partial charge in [-0.2, -0.15) is 5.26 Å². The average molecular weight is 426 g/mol. The molecule has 0 amide bonds. The third kappa shape index (κ3) is 4.45. The molecule has 0 saturated carbocycles. The van der Waals surface area contributed by atoms with Crippen LogP contribution in [-0.2, 0) is 0 Å². The van der Waals surface area contributed by atoms with E-state index >= 15 is 0 Å². The number of carbonyl (C=O) groups excluding carboxylic acids is 1. The van der Waals surface area contributed by atoms with Crippen LogP contribution in [0.15, 0.2) is 77.3 Å². The van der Waals surface area contributed by atoms with Crippen LogP contribution < -0.4 is 14.2 Å². The summed E-state index contributed by atoms with van der Waals surface area (Å²) in [5, 5.41) is 13.0. The smallest absolute Gasteiger partial charge is 0.343 e. The van der Waals surface area contributed by atoms with Gasteiger partial charge in [-0.3, -0.25) is 0 Å². The lowest BCUT2D eigenvalue weighted by atomic mass is 10.1. The van der Waals surface area contributed by atoms with Crippen molar-refractivity contribution in [2.45, 2.75) is 0 Å². The maximum absolute atomic E-state index is 12.5. The molecular weight excluding hydrogens is 408 g/mol. The van der Waals surface area contributed by atoms with Crippen molar-refractivity contribution in [3.63, 3.8) is 0 Å². The lowest BCUT2D eigenvalue weighted by molar-refractivity contribution is 0.0734. The van der Waals surface area contributed by atoms with E-state index in [0.717, 1.165) is 11.1 Å². The fourth-order valence-corrected chi connectivity index (χ4v) is 3.04. The second kappa shape index (κ2) is 9.06. The number of rotatable bonds is 6. The van der Waals surface area contributed by atoms with Crippen molar-refractivity contribution in [3.05, 3.63) is 83.9 Å². The Hall–Kier alpha value is -4.57. The van der Waals surface area contributed by atoms with Crippen molar-refractivity contribution in [2.24, 2.45) is 0 Å². The molecule has 32 heavy (non-hydrogen) atoms. The van der Waals surface area contributed by atoms with Gasteiger partial charge < -0.3 is 18.7 Å². The highest BCUT2D eigenvalue weighted by Gasteiger charge is 2.13. The van der Waals surface area contributed by atoms with Gasteiger partial charge in [0.1, 0.15) is 22.9 Å². The molecule has 7 nitrogen and oxygen atoms in total. The Bertz CT molecular complexity index is 1260. The first-order chi connectivity index (χ1) is 15.6. The highest BCUT2D eigenvalue weighted by Crippen LogP contribution is 2.28. The predicted molar refractivity (Wildman–Crippen MR) is 117 cm³/mol. The zero-order chi connectivity index (χ0) is 22.5. The normalized spacial score (nSPS) is 10.3. The molecule has 0 aliphatic carbocycles. The van der Waals surface area contributed by atoms with Gasteiger partial charge in [0.15, 0.2) is 5.76 Å². The summed E-state index contributed by atoms with van der Waals surface area (Å²) in [6, 6.07) is 22.7. The number of aromatic nitrogens is 1. The van der Waals surface area contributed by atoms with Crippen LogP contribution in [0.1, 0.15) is 15.9 Å². The monoisotopic (exact) mass is 426 g/mol. The standard InChI is InChI=1S/C25H18N2O5/c1-29-21-11-19(12-22(13-21)30-2)25(28)31-20-9-7-17(8-10-20)23-14-24(32-27-23)18-5-3-16(15-26)4-6-18/h3-14H,1-2H3. The molecule has 1 aromatic heterocycles. The number of hydrogen-bond acceptors (Lipinski definition) is 7. The van der Waals surface area contributed by atoms with Crippen molar-refractivity contribution in [1.82, 2.24) is 5.16 Å². The highest BCUT2D eigenvalue weighted by atomic mass is 16.5. The maximum Gasteiger partial charge on any atom is 0.343 e. The Morgan fingerprint density at radius 1 is 0.844 bits per heavy atom. The van der Waals surface area contributed by atoms with E-state index in [2.05, 4.69) is 11.2 Å². The molecule has 0 fully saturated rings. The molecular formula is C25H18N2O5. The first-order valence-corrected chi connectivity index (χ1v) is 9.62. The van der Waals surface area contributed by atoms with Crippen LogP contribution in [0.5, 0.6) is 17.2 Å². The number of esters is 1. The average Bonchev–Trinajstić information content (AvgIpc) is 3.34. The fourth-order valence-electron chi connectivity index (χ4n) is 3.04. The van der Waals surface area contributed by atoms with E-state index in [4.69, 9.17) is 24.0 Å². The minimum absolute atomic E-state index is 0.314. The summed E-state index contributed by atoms with van der Waals surface area (Å²) in [4.78, 5) is 12.5. The van der Waals surface area contributed by atoms with Crippen LogP contribution in [0, 0.1) is 11.3 Å². The predicted octanol–water partition coefficient (Wildman–Crippen LogP) is 5.12. The van der Waals surface area contributed by atoms with Crippen LogP contribution in [-0.4, -0.2) is 25.3 Å². The van der Waals surface area contributed by atoms with Crippen LogP contribution in [0.2, 0.25) is 0 Å². The number of nitriles is 1. The minimum Gasteiger partial charge on any atom is -0.497 e. The third-order valence-electron chi connectivity index (χ3n) is 4.76. The van der Waals surface area contributed by atoms with Gasteiger partial charge in [-0.05, 0) is 60.7 Å². The topological polar surface area (TPSA) is 94.6 Å². The fraction of sp³-hybridized carbons (Fsp3) is 0.0800. The SMILES string of the molecule is COc1cc(OC)cc(C(=O)Oc2ccc(-c3cc(-c4ccc(C#N)cc4)on3)cc2)c1. The van der Waals surface area contributed by atoms with Crippen LogP contribution in [0.25, 0.3) is 22.6 Å². The first-order valence-electron chi connectivity index (χ1n) is 9.62. The summed E-state index contributed by atoms with van der Waals surface area (Å²) >= 11 is 0. The van der Waals surface area contributed by atoms with Crippen molar-refractivity contribution in [3.8, 4) is 45.9 Å². The van der Waals surface area contributed by atoms with E-state index in [0.29, 0.717) is 39.8 Å². The lowest BCUT2D eigenvalue weighted by Crippen LogP contribution is -2.09. The lowest BCUT2D eigenvalue weighted by Gasteiger charge is -2.09. The van der Waals surface area contributed by atoms with E-state index in [-0.39, 0.29) is 0 Å². The van der Waals surface area contributed by atoms with Crippen molar-refractivity contribution < 1.29 is 23.5 Å². The summed E-state index contributed by atoms with van der Waals surface area (Å²) in [5.74, 6) is 1.44. The largest absolute Gasteiger partial charge is 0.497 e. The Labute approximate surface area is 184 Å². The number of hydrogen-bond donors (Lipinski definition) is 0. The molecule has 0 atom stereocenters. The van der Waals surface area contributed by atoms with Gasteiger partial charge in [-0.1, -0.05) is 5.16 Å². The number of methoxy groups -OCH3 is 2. The number of ether oxygens (including phenoxy) is 3. The minimum atomic E-state index is -0.528. The van der Waals surface area contributed by atoms with Crippen molar-refractivity contribution in [2.75, 3.05) is 14.2 Å². The molecule has 3 aromatic carbocycles. The van der Waals surface area contributed by atoms with Gasteiger partial charge in [-0.25, -0.2) is 4.79 Å². The molecule has 0 N–H and O–H groups in total. The molecule has 0 aliphatic rings. The van der Waals surface area contributed by atoms with E-state index < -0.39 is 5.97 Å². The Morgan fingerprint density at radius 3 is 2.06 bits per heavy atom. The van der Waals surface area contributed by atoms with E-state index in [1.165, 1.54) is 14.2 Å². The second-order valence-corrected chi connectivity index (χ2v) is 6.78. The Kier molecular flexibility index (Phi) is 5.86. The molecule has 0 saturated heterocycles. The molecule has 7 heteroatoms. The van der Waals surface area contributed by atoms with E-state index in [1.807, 2.05) is 6.07 Å². The molecule has 0 unspecified atom stereocenters. The van der Waals surface area contributed by atoms with Gasteiger partial charge in [0.2, 0.25) is 0 Å². The first kappa shape index (κ1) is 20.7. The van der Waals surface area contributed by atoms with Gasteiger partial charge in [0.25, 0.3) is 0 Å². The molecule has 0 spiro atoms. The van der Waals surface area contributed by atoms with E-state index in [1.54, 1.807) is 66.7 Å². The summed E-state index contributed by atoms with van der Waals surface area (Å²) in [6.07, 6.45) is 0. The molecule has 0 aliphatic heterocycles. The Balaban J connectivity index is 1.48. The molecule has 1 heterocycles. The van der Waals surface area contributed by atoms with Crippen molar-refractivity contribution in [1.29, 1.82) is 5.26 Å². The third-order valence-corrected chi connectivity index (χ3v) is 4.76. The summed E-state index contributed by atoms with van der Waals surface area (Å²) in [6.45, 7) is 0. The van der Waals surface area contributed by atoms with Crippen LogP contribution >= 0.6 is 0 Å². The van der Waals surface area contributed by atoms with E-state index in [9.17, 15) is 4.79 Å².